The van der Waals surface area contributed by atoms with Crippen molar-refractivity contribution in [1.29, 1.82) is 0 Å². The Bertz CT molecular complexity index is 1520. The molecule has 4 heterocycles. The van der Waals surface area contributed by atoms with Crippen molar-refractivity contribution >= 4 is 35.8 Å². The van der Waals surface area contributed by atoms with Crippen LogP contribution in [0.5, 0.6) is 0 Å². The minimum atomic E-state index is -0.160. The molecule has 0 atom stereocenters. The molecular weight excluding hydrogens is 436 g/mol. The summed E-state index contributed by atoms with van der Waals surface area (Å²) < 4.78 is 0. The molecule has 0 spiro atoms. The van der Waals surface area contributed by atoms with E-state index in [0.29, 0.717) is 5.57 Å². The van der Waals surface area contributed by atoms with E-state index in [1.807, 2.05) is 26.8 Å². The first kappa shape index (κ1) is 24.5. The number of aliphatic imine (C=N–C) groups is 1. The molecule has 0 aliphatic carbocycles. The molecular formula is C29H34N4O2. The van der Waals surface area contributed by atoms with Crippen LogP contribution in [0.2, 0.25) is 0 Å². The van der Waals surface area contributed by atoms with E-state index in [-0.39, 0.29) is 11.8 Å². The van der Waals surface area contributed by atoms with Crippen LogP contribution in [-0.4, -0.2) is 27.5 Å². The molecule has 182 valence electrons. The first-order valence-corrected chi connectivity index (χ1v) is 12.2. The van der Waals surface area contributed by atoms with E-state index in [9.17, 15) is 9.59 Å². The number of rotatable bonds is 5. The van der Waals surface area contributed by atoms with E-state index in [4.69, 9.17) is 0 Å². The summed E-state index contributed by atoms with van der Waals surface area (Å²) in [5.74, 6) is -0.178. The number of amides is 2. The van der Waals surface area contributed by atoms with Gasteiger partial charge in [0.05, 0.1) is 5.71 Å². The molecule has 3 N–H and O–H groups in total. The van der Waals surface area contributed by atoms with Gasteiger partial charge in [-0.25, -0.2) is 4.99 Å². The summed E-state index contributed by atoms with van der Waals surface area (Å²) in [5, 5.41) is 4.99. The number of H-pyrrole nitrogens is 2. The maximum Gasteiger partial charge on any atom is 0.273 e. The number of hydrogen-bond donors (Lipinski definition) is 3. The number of carbonyl (C=O) groups excluding carboxylic acids is 2. The van der Waals surface area contributed by atoms with Gasteiger partial charge in [0.15, 0.2) is 0 Å². The van der Waals surface area contributed by atoms with Crippen LogP contribution in [0.4, 0.5) is 0 Å². The van der Waals surface area contributed by atoms with Gasteiger partial charge in [-0.15, -0.1) is 0 Å². The third-order valence-corrected chi connectivity index (χ3v) is 7.51. The van der Waals surface area contributed by atoms with Gasteiger partial charge in [0.2, 0.25) is 0 Å². The molecule has 4 rings (SSSR count). The fraction of sp³-hybridized carbons (Fsp3) is 0.345. The number of allylic oxidation sites excluding steroid dienone is 2. The van der Waals surface area contributed by atoms with Crippen LogP contribution in [0.3, 0.4) is 0 Å². The highest BCUT2D eigenvalue weighted by molar-refractivity contribution is 6.30. The van der Waals surface area contributed by atoms with Gasteiger partial charge in [-0.1, -0.05) is 13.8 Å². The van der Waals surface area contributed by atoms with Crippen LogP contribution >= 0.6 is 0 Å². The average molecular weight is 471 g/mol. The Morgan fingerprint density at radius 3 is 1.94 bits per heavy atom. The highest BCUT2D eigenvalue weighted by atomic mass is 16.2. The third-order valence-electron chi connectivity index (χ3n) is 7.51. The minimum absolute atomic E-state index is 0.0173. The number of nitrogens with one attached hydrogen (secondary N) is 3. The topological polar surface area (TPSA) is 90.1 Å². The molecule has 0 fully saturated rings. The summed E-state index contributed by atoms with van der Waals surface area (Å²) in [6.07, 6.45) is 7.85. The molecule has 0 radical (unpaired) electrons. The largest absolute Gasteiger partial charge is 0.355 e. The monoisotopic (exact) mass is 470 g/mol. The lowest BCUT2D eigenvalue weighted by Crippen LogP contribution is -2.15. The normalized spacial score (nSPS) is 18.6. The van der Waals surface area contributed by atoms with Gasteiger partial charge in [0.25, 0.3) is 11.8 Å². The Kier molecular flexibility index (Phi) is 6.41. The zero-order valence-corrected chi connectivity index (χ0v) is 21.9. The zero-order valence-electron chi connectivity index (χ0n) is 21.9. The predicted octanol–water partition coefficient (Wildman–Crippen LogP) is 3.95. The van der Waals surface area contributed by atoms with Crippen molar-refractivity contribution in [1.82, 2.24) is 15.3 Å². The Hall–Kier alpha value is -3.67. The van der Waals surface area contributed by atoms with E-state index in [1.54, 1.807) is 0 Å². The predicted molar refractivity (Wildman–Crippen MR) is 142 cm³/mol. The molecule has 2 aliphatic heterocycles. The average Bonchev–Trinajstić information content (AvgIpc) is 3.45. The van der Waals surface area contributed by atoms with Crippen molar-refractivity contribution in [3.05, 3.63) is 72.3 Å². The van der Waals surface area contributed by atoms with Crippen LogP contribution in [0.15, 0.2) is 33.0 Å². The maximum atomic E-state index is 12.2. The Labute approximate surface area is 206 Å². The second kappa shape index (κ2) is 9.17. The second-order valence-electron chi connectivity index (χ2n) is 9.42. The quantitative estimate of drug-likeness (QED) is 0.618. The highest BCUT2D eigenvalue weighted by Crippen LogP contribution is 2.28. The van der Waals surface area contributed by atoms with Crippen LogP contribution in [-0.2, 0) is 16.0 Å². The van der Waals surface area contributed by atoms with Crippen molar-refractivity contribution < 1.29 is 9.59 Å². The summed E-state index contributed by atoms with van der Waals surface area (Å²) in [7, 11) is 0. The van der Waals surface area contributed by atoms with E-state index in [2.05, 4.69) is 67.0 Å². The smallest absolute Gasteiger partial charge is 0.273 e. The number of hydrogen-bond acceptors (Lipinski definition) is 2. The Morgan fingerprint density at radius 1 is 0.714 bits per heavy atom. The Morgan fingerprint density at radius 2 is 1.37 bits per heavy atom. The lowest BCUT2D eigenvalue weighted by molar-refractivity contribution is -0.116. The van der Waals surface area contributed by atoms with Crippen molar-refractivity contribution in [3.8, 4) is 0 Å². The van der Waals surface area contributed by atoms with Gasteiger partial charge in [0, 0.05) is 38.9 Å². The standard InChI is InChI=1S/C29H34N4O2/c1-9-20-18(7)25(31-26(20)13-27-21(10-2)19(8)29(35)33-27)12-23-15(4)14(3)22(30-23)11-24-16(5)17(6)28(34)32-24/h11-13,30-31H,9-10H2,1-8H3,(H,33,35)/b22-11+,23-12+,27-13+. The van der Waals surface area contributed by atoms with Gasteiger partial charge in [-0.3, -0.25) is 9.59 Å². The van der Waals surface area contributed by atoms with Crippen molar-refractivity contribution in [2.75, 3.05) is 0 Å². The molecule has 2 aromatic rings. The van der Waals surface area contributed by atoms with Gasteiger partial charge < -0.3 is 15.3 Å². The van der Waals surface area contributed by atoms with E-state index < -0.39 is 0 Å². The maximum absolute atomic E-state index is 12.2. The summed E-state index contributed by atoms with van der Waals surface area (Å²) >= 11 is 0. The van der Waals surface area contributed by atoms with E-state index >= 15 is 0 Å². The fourth-order valence-electron chi connectivity index (χ4n) is 4.83. The second-order valence-corrected chi connectivity index (χ2v) is 9.42. The summed E-state index contributed by atoms with van der Waals surface area (Å²) in [4.78, 5) is 35.5. The molecule has 0 unspecified atom stereocenters. The molecule has 35 heavy (non-hydrogen) atoms. The molecule has 0 aromatic carbocycles. The molecule has 2 aliphatic rings. The first-order chi connectivity index (χ1) is 16.6. The van der Waals surface area contributed by atoms with Gasteiger partial charge in [0.1, 0.15) is 0 Å². The molecule has 0 saturated carbocycles. The lowest BCUT2D eigenvalue weighted by atomic mass is 10.0. The van der Waals surface area contributed by atoms with Crippen molar-refractivity contribution in [2.24, 2.45) is 4.99 Å². The lowest BCUT2D eigenvalue weighted by Gasteiger charge is -2.04. The molecule has 2 amide bonds. The van der Waals surface area contributed by atoms with E-state index in [0.717, 1.165) is 74.2 Å². The Balaban J connectivity index is 1.80. The van der Waals surface area contributed by atoms with Gasteiger partial charge in [-0.05, 0) is 106 Å². The third kappa shape index (κ3) is 4.18. The zero-order chi connectivity index (χ0) is 25.6. The van der Waals surface area contributed by atoms with Crippen molar-refractivity contribution in [2.45, 2.75) is 68.2 Å². The highest BCUT2D eigenvalue weighted by Gasteiger charge is 2.23. The van der Waals surface area contributed by atoms with Crippen LogP contribution < -0.4 is 16.0 Å². The molecule has 6 nitrogen and oxygen atoms in total. The van der Waals surface area contributed by atoms with E-state index in [1.165, 1.54) is 11.1 Å². The van der Waals surface area contributed by atoms with Gasteiger partial charge in [-0.2, -0.15) is 0 Å². The van der Waals surface area contributed by atoms with Gasteiger partial charge >= 0.3 is 0 Å². The number of aromatic nitrogens is 2. The summed E-state index contributed by atoms with van der Waals surface area (Å²) in [6.45, 7) is 16.2. The van der Waals surface area contributed by atoms with Crippen LogP contribution in [0.1, 0.15) is 74.7 Å². The number of aromatic amines is 2. The minimum Gasteiger partial charge on any atom is -0.355 e. The first-order valence-electron chi connectivity index (χ1n) is 12.2. The number of nitrogens with zero attached hydrogens (tertiary/aromatic N) is 1. The summed E-state index contributed by atoms with van der Waals surface area (Å²) in [6, 6.07) is 0. The summed E-state index contributed by atoms with van der Waals surface area (Å²) in [5.41, 5.74) is 11.9. The fourth-order valence-corrected chi connectivity index (χ4v) is 4.83. The molecule has 0 bridgehead atoms. The van der Waals surface area contributed by atoms with Crippen LogP contribution in [0.25, 0.3) is 18.2 Å². The molecule has 6 heteroatoms. The molecule has 0 saturated heterocycles. The van der Waals surface area contributed by atoms with Crippen LogP contribution in [0, 0.1) is 20.8 Å². The van der Waals surface area contributed by atoms with Crippen molar-refractivity contribution in [3.63, 3.8) is 0 Å². The molecule has 2 aromatic heterocycles. The SMILES string of the molecule is CCC1=C(C)C(=O)N/C1=C/c1[nH]c(/C=c2/[nH]/c(=C/C3=NC(=O)C(C)=C3C)c(C)c2C)c(C)c1CC. The number of carbonyl (C=O) groups is 2.